The number of hydrogen-bond acceptors (Lipinski definition) is 5. The molecule has 0 bridgehead atoms. The largest absolute Gasteiger partial charge is 0.464 e. The van der Waals surface area contributed by atoms with E-state index >= 15 is 0 Å². The van der Waals surface area contributed by atoms with Crippen molar-refractivity contribution in [2.45, 2.75) is 13.0 Å². The highest BCUT2D eigenvalue weighted by molar-refractivity contribution is 6.38. The number of hydrogen-bond donors (Lipinski definition) is 1. The van der Waals surface area contributed by atoms with E-state index in [9.17, 15) is 4.79 Å². The summed E-state index contributed by atoms with van der Waals surface area (Å²) in [7, 11) is 1.22. The van der Waals surface area contributed by atoms with E-state index < -0.39 is 12.1 Å². The molecule has 1 N–H and O–H groups in total. The minimum atomic E-state index is -0.723. The second kappa shape index (κ2) is 6.65. The van der Waals surface area contributed by atoms with Crippen molar-refractivity contribution in [1.29, 1.82) is 0 Å². The van der Waals surface area contributed by atoms with Crippen molar-refractivity contribution in [3.8, 4) is 0 Å². The summed E-state index contributed by atoms with van der Waals surface area (Å²) in [4.78, 5) is 11.4. The van der Waals surface area contributed by atoms with E-state index in [2.05, 4.69) is 9.89 Å². The molecule has 0 aliphatic heterocycles. The molecule has 92 valence electrons. The molecule has 0 fully saturated rings. The molecular formula is C12H15NO4. The minimum absolute atomic E-state index is 0.166. The zero-order valence-electron chi connectivity index (χ0n) is 9.79. The molecule has 0 aliphatic rings. The Hall–Kier alpha value is -1.88. The van der Waals surface area contributed by atoms with E-state index in [4.69, 9.17) is 9.94 Å². The monoisotopic (exact) mass is 237 g/mol. The van der Waals surface area contributed by atoms with Crippen molar-refractivity contribution in [2.75, 3.05) is 13.7 Å². The van der Waals surface area contributed by atoms with Gasteiger partial charge in [0.1, 0.15) is 6.10 Å². The van der Waals surface area contributed by atoms with Crippen LogP contribution in [0, 0.1) is 0 Å². The van der Waals surface area contributed by atoms with E-state index in [1.165, 1.54) is 7.11 Å². The minimum Gasteiger partial charge on any atom is -0.464 e. The van der Waals surface area contributed by atoms with Gasteiger partial charge in [0.15, 0.2) is 5.71 Å². The standard InChI is InChI=1S/C12H15NO4/c1-3-17-11(9-7-5-4-6-8-9)10(13-15)12(14)16-2/h4-8,11,15H,3H2,1-2H3/b13-10+. The summed E-state index contributed by atoms with van der Waals surface area (Å²) in [6.07, 6.45) is -0.723. The number of oxime groups is 1. The average Bonchev–Trinajstić information content (AvgIpc) is 2.39. The zero-order valence-corrected chi connectivity index (χ0v) is 9.79. The van der Waals surface area contributed by atoms with Gasteiger partial charge in [-0.3, -0.25) is 0 Å². The topological polar surface area (TPSA) is 68.1 Å². The van der Waals surface area contributed by atoms with Crippen LogP contribution in [0.3, 0.4) is 0 Å². The van der Waals surface area contributed by atoms with Crippen LogP contribution in [-0.4, -0.2) is 30.6 Å². The average molecular weight is 237 g/mol. The van der Waals surface area contributed by atoms with Gasteiger partial charge in [-0.1, -0.05) is 35.5 Å². The predicted octanol–water partition coefficient (Wildman–Crippen LogP) is 1.77. The number of carbonyl (C=O) groups is 1. The molecule has 17 heavy (non-hydrogen) atoms. The number of benzene rings is 1. The van der Waals surface area contributed by atoms with Crippen LogP contribution in [0.15, 0.2) is 35.5 Å². The highest BCUT2D eigenvalue weighted by Crippen LogP contribution is 2.19. The van der Waals surface area contributed by atoms with Gasteiger partial charge in [-0.25, -0.2) is 4.79 Å². The lowest BCUT2D eigenvalue weighted by molar-refractivity contribution is -0.133. The predicted molar refractivity (Wildman–Crippen MR) is 62.0 cm³/mol. The summed E-state index contributed by atoms with van der Waals surface area (Å²) < 4.78 is 9.95. The summed E-state index contributed by atoms with van der Waals surface area (Å²) in [5, 5.41) is 11.9. The smallest absolute Gasteiger partial charge is 0.358 e. The second-order valence-electron chi connectivity index (χ2n) is 3.22. The van der Waals surface area contributed by atoms with Crippen LogP contribution in [-0.2, 0) is 14.3 Å². The van der Waals surface area contributed by atoms with Gasteiger partial charge in [0.05, 0.1) is 7.11 Å². The molecule has 0 amide bonds. The summed E-state index contributed by atoms with van der Waals surface area (Å²) >= 11 is 0. The first-order valence-corrected chi connectivity index (χ1v) is 5.21. The first-order chi connectivity index (χ1) is 8.24. The molecule has 1 aromatic carbocycles. The number of carbonyl (C=O) groups excluding carboxylic acids is 1. The SMILES string of the molecule is CCOC(/C(=N\O)C(=O)OC)c1ccccc1. The number of methoxy groups -OCH3 is 1. The number of rotatable bonds is 5. The van der Waals surface area contributed by atoms with E-state index in [0.717, 1.165) is 5.56 Å². The summed E-state index contributed by atoms with van der Waals surface area (Å²) in [5.74, 6) is -0.713. The fraction of sp³-hybridized carbons (Fsp3) is 0.333. The van der Waals surface area contributed by atoms with Crippen LogP contribution < -0.4 is 0 Å². The Bertz CT molecular complexity index is 389. The molecular weight excluding hydrogens is 222 g/mol. The summed E-state index contributed by atoms with van der Waals surface area (Å²) in [6.45, 7) is 2.18. The highest BCUT2D eigenvalue weighted by Gasteiger charge is 2.26. The van der Waals surface area contributed by atoms with Crippen molar-refractivity contribution in [3.05, 3.63) is 35.9 Å². The third-order valence-corrected chi connectivity index (χ3v) is 2.19. The third kappa shape index (κ3) is 3.29. The van der Waals surface area contributed by atoms with Crippen molar-refractivity contribution in [2.24, 2.45) is 5.16 Å². The summed E-state index contributed by atoms with van der Waals surface area (Å²) in [6, 6.07) is 9.05. The van der Waals surface area contributed by atoms with Crippen LogP contribution in [0.1, 0.15) is 18.6 Å². The Morgan fingerprint density at radius 3 is 2.53 bits per heavy atom. The molecule has 0 aliphatic carbocycles. The lowest BCUT2D eigenvalue weighted by Gasteiger charge is -2.16. The van der Waals surface area contributed by atoms with Crippen LogP contribution in [0.5, 0.6) is 0 Å². The Morgan fingerprint density at radius 1 is 1.41 bits per heavy atom. The zero-order chi connectivity index (χ0) is 12.7. The Morgan fingerprint density at radius 2 is 2.06 bits per heavy atom. The maximum atomic E-state index is 11.4. The molecule has 0 saturated carbocycles. The van der Waals surface area contributed by atoms with Crippen LogP contribution >= 0.6 is 0 Å². The van der Waals surface area contributed by atoms with Gasteiger partial charge >= 0.3 is 5.97 Å². The molecule has 1 aromatic rings. The van der Waals surface area contributed by atoms with Gasteiger partial charge in [-0.15, -0.1) is 0 Å². The van der Waals surface area contributed by atoms with Gasteiger partial charge in [0.2, 0.25) is 0 Å². The van der Waals surface area contributed by atoms with Crippen molar-refractivity contribution in [3.63, 3.8) is 0 Å². The van der Waals surface area contributed by atoms with Gasteiger partial charge in [0, 0.05) is 6.61 Å². The fourth-order valence-corrected chi connectivity index (χ4v) is 1.43. The molecule has 0 radical (unpaired) electrons. The van der Waals surface area contributed by atoms with Gasteiger partial charge in [-0.2, -0.15) is 0 Å². The molecule has 1 rings (SSSR count). The number of esters is 1. The third-order valence-electron chi connectivity index (χ3n) is 2.19. The van der Waals surface area contributed by atoms with E-state index in [1.807, 2.05) is 18.2 Å². The number of nitrogens with zero attached hydrogens (tertiary/aromatic N) is 1. The van der Waals surface area contributed by atoms with Crippen LogP contribution in [0.25, 0.3) is 0 Å². The maximum Gasteiger partial charge on any atom is 0.358 e. The van der Waals surface area contributed by atoms with E-state index in [-0.39, 0.29) is 5.71 Å². The lowest BCUT2D eigenvalue weighted by atomic mass is 10.1. The molecule has 0 saturated heterocycles. The molecule has 1 atom stereocenters. The Balaban J connectivity index is 3.04. The summed E-state index contributed by atoms with van der Waals surface area (Å²) in [5.41, 5.74) is 0.563. The van der Waals surface area contributed by atoms with Gasteiger partial charge < -0.3 is 14.7 Å². The maximum absolute atomic E-state index is 11.4. The van der Waals surface area contributed by atoms with E-state index in [0.29, 0.717) is 6.61 Å². The van der Waals surface area contributed by atoms with Crippen LogP contribution in [0.4, 0.5) is 0 Å². The first-order valence-electron chi connectivity index (χ1n) is 5.21. The molecule has 5 heteroatoms. The molecule has 0 heterocycles. The molecule has 0 spiro atoms. The van der Waals surface area contributed by atoms with Gasteiger partial charge in [0.25, 0.3) is 0 Å². The number of ether oxygens (including phenoxy) is 2. The molecule has 5 nitrogen and oxygen atoms in total. The van der Waals surface area contributed by atoms with E-state index in [1.54, 1.807) is 19.1 Å². The normalized spacial score (nSPS) is 13.2. The molecule has 0 aromatic heterocycles. The van der Waals surface area contributed by atoms with Crippen molar-refractivity contribution >= 4 is 11.7 Å². The van der Waals surface area contributed by atoms with Crippen molar-refractivity contribution in [1.82, 2.24) is 0 Å². The van der Waals surface area contributed by atoms with Crippen molar-refractivity contribution < 1.29 is 19.5 Å². The van der Waals surface area contributed by atoms with Gasteiger partial charge in [-0.05, 0) is 12.5 Å². The highest BCUT2D eigenvalue weighted by atomic mass is 16.5. The first kappa shape index (κ1) is 13.2. The fourth-order valence-electron chi connectivity index (χ4n) is 1.43. The second-order valence-corrected chi connectivity index (χ2v) is 3.22. The Labute approximate surface area is 99.7 Å². The molecule has 1 unspecified atom stereocenters. The lowest BCUT2D eigenvalue weighted by Crippen LogP contribution is -2.26. The van der Waals surface area contributed by atoms with Crippen LogP contribution in [0.2, 0.25) is 0 Å². The Kier molecular flexibility index (Phi) is 5.16. The quantitative estimate of drug-likeness (QED) is 0.367.